The second-order valence-electron chi connectivity index (χ2n) is 0.224. The Morgan fingerprint density at radius 1 is 1.14 bits per heavy atom. The van der Waals surface area contributed by atoms with Crippen molar-refractivity contribution in [3.63, 3.8) is 0 Å². The number of nitrogens with zero attached hydrogens (tertiary/aromatic N) is 1. The molecule has 0 unspecified atom stereocenters. The fraction of sp³-hybridized carbons (Fsp3) is 0. The van der Waals surface area contributed by atoms with E-state index in [-0.39, 0.29) is 37.2 Å². The Balaban J connectivity index is -0.0000000150. The van der Waals surface area contributed by atoms with Crippen molar-refractivity contribution in [1.82, 2.24) is 0 Å². The maximum Gasteiger partial charge on any atom is 0.0689 e. The molecule has 0 atom stereocenters. The molecule has 0 aromatic heterocycles. The second-order valence-corrected chi connectivity index (χ2v) is 0.224. The van der Waals surface area contributed by atoms with Crippen LogP contribution in [0.15, 0.2) is 0 Å². The van der Waals surface area contributed by atoms with Gasteiger partial charge in [-0.25, -0.2) is 0 Å². The minimum Gasteiger partial charge on any atom is -0.412 e. The molecule has 4 N–H and O–H groups in total. The average molecular weight is 189 g/mol. The molecule has 0 aromatic rings. The van der Waals surface area contributed by atoms with Crippen LogP contribution in [0.3, 0.4) is 0 Å². The molecule has 0 bridgehead atoms. The van der Waals surface area contributed by atoms with Crippen LogP contribution in [-0.2, 0) is 26.2 Å². The fourth-order valence-electron chi connectivity index (χ4n) is 0. The van der Waals surface area contributed by atoms with Crippen molar-refractivity contribution in [3.05, 3.63) is 15.3 Å². The molecule has 0 aliphatic heterocycles. The summed E-state index contributed by atoms with van der Waals surface area (Å²) in [5.74, 6) is 0. The summed E-state index contributed by atoms with van der Waals surface area (Å²) in [6.07, 6.45) is 0. The molecule has 0 heterocycles. The van der Waals surface area contributed by atoms with Gasteiger partial charge in [-0.15, -0.1) is 0 Å². The standard InChI is InChI=1S/NO3.2H2O.Zr/c2-1(3)4;;;/h;2*1H2;/q-1;;;. The summed E-state index contributed by atoms with van der Waals surface area (Å²) in [5, 5.41) is 14.8. The zero-order valence-electron chi connectivity index (χ0n) is 3.17. The first-order valence-electron chi connectivity index (χ1n) is 0.548. The molecule has 0 rings (SSSR count). The van der Waals surface area contributed by atoms with Crippen LogP contribution in [0.1, 0.15) is 0 Å². The summed E-state index contributed by atoms with van der Waals surface area (Å²) < 4.78 is 0. The van der Waals surface area contributed by atoms with Gasteiger partial charge in [0.2, 0.25) is 0 Å². The molecule has 0 saturated heterocycles. The van der Waals surface area contributed by atoms with Gasteiger partial charge in [0, 0.05) is 26.2 Å². The van der Waals surface area contributed by atoms with Gasteiger partial charge < -0.3 is 26.3 Å². The van der Waals surface area contributed by atoms with E-state index in [1.54, 1.807) is 0 Å². The van der Waals surface area contributed by atoms with Crippen molar-refractivity contribution in [1.29, 1.82) is 0 Å². The summed E-state index contributed by atoms with van der Waals surface area (Å²) in [7, 11) is 0. The quantitative estimate of drug-likeness (QED) is 0.326. The van der Waals surface area contributed by atoms with Gasteiger partial charge >= 0.3 is 0 Å². The van der Waals surface area contributed by atoms with Gasteiger partial charge in [-0.2, -0.15) is 0 Å². The first kappa shape index (κ1) is 28.0. The normalized spacial score (nSPS) is 3.43. The van der Waals surface area contributed by atoms with Gasteiger partial charge in [-0.3, -0.25) is 0 Å². The Morgan fingerprint density at radius 3 is 1.14 bits per heavy atom. The van der Waals surface area contributed by atoms with E-state index >= 15 is 0 Å². The maximum atomic E-state index is 8.25. The summed E-state index contributed by atoms with van der Waals surface area (Å²) in [6, 6.07) is 0. The molecule has 0 amide bonds. The smallest absolute Gasteiger partial charge is 0.0689 e. The maximum absolute atomic E-state index is 8.25. The number of rotatable bonds is 0. The van der Waals surface area contributed by atoms with E-state index < -0.39 is 5.09 Å². The van der Waals surface area contributed by atoms with Crippen LogP contribution >= 0.6 is 0 Å². The largest absolute Gasteiger partial charge is 0.412 e. The Morgan fingerprint density at radius 2 is 1.14 bits per heavy atom. The van der Waals surface area contributed by atoms with E-state index in [1.165, 1.54) is 0 Å². The number of hydrogen-bond acceptors (Lipinski definition) is 3. The Labute approximate surface area is 58.0 Å². The van der Waals surface area contributed by atoms with Gasteiger partial charge in [0.15, 0.2) is 0 Å². The summed E-state index contributed by atoms with van der Waals surface area (Å²) in [5.41, 5.74) is 0. The zero-order valence-corrected chi connectivity index (χ0v) is 5.63. The summed E-state index contributed by atoms with van der Waals surface area (Å²) >= 11 is 0. The van der Waals surface area contributed by atoms with Crippen molar-refractivity contribution in [3.8, 4) is 0 Å². The van der Waals surface area contributed by atoms with Crippen LogP contribution in [0.2, 0.25) is 0 Å². The van der Waals surface area contributed by atoms with Crippen LogP contribution < -0.4 is 0 Å². The monoisotopic (exact) mass is 188 g/mol. The van der Waals surface area contributed by atoms with Crippen LogP contribution in [0.5, 0.6) is 0 Å². The Kier molecular flexibility index (Phi) is 66.6. The first-order chi connectivity index (χ1) is 1.73. The third-order valence-electron chi connectivity index (χ3n) is 0. The molecule has 0 spiro atoms. The van der Waals surface area contributed by atoms with Crippen LogP contribution in [0.25, 0.3) is 0 Å². The SMILES string of the molecule is O.O.O=[N+]([O-])[O-].[Zr]. The van der Waals surface area contributed by atoms with Gasteiger partial charge in [0.05, 0.1) is 5.09 Å². The molecule has 0 aromatic carbocycles. The topological polar surface area (TPSA) is 129 Å². The molecular formula is H4NO5Zr-. The van der Waals surface area contributed by atoms with Gasteiger partial charge in [-0.1, -0.05) is 0 Å². The second kappa shape index (κ2) is 16.7. The number of hydrogen-bond donors (Lipinski definition) is 0. The van der Waals surface area contributed by atoms with E-state index in [0.29, 0.717) is 0 Å². The minimum absolute atomic E-state index is 0. The van der Waals surface area contributed by atoms with Gasteiger partial charge in [0.1, 0.15) is 0 Å². The van der Waals surface area contributed by atoms with Crippen molar-refractivity contribution in [2.45, 2.75) is 0 Å². The third kappa shape index (κ3) is 9900000. The van der Waals surface area contributed by atoms with E-state index in [9.17, 15) is 0 Å². The van der Waals surface area contributed by atoms with E-state index in [4.69, 9.17) is 15.3 Å². The molecule has 0 fully saturated rings. The molecule has 0 radical (unpaired) electrons. The zero-order chi connectivity index (χ0) is 3.58. The third-order valence-corrected chi connectivity index (χ3v) is 0. The summed E-state index contributed by atoms with van der Waals surface area (Å²) in [6.45, 7) is 0. The molecule has 7 heavy (non-hydrogen) atoms. The average Bonchev–Trinajstić information content (AvgIpc) is 0.811. The van der Waals surface area contributed by atoms with Crippen LogP contribution in [-0.4, -0.2) is 16.0 Å². The van der Waals surface area contributed by atoms with Gasteiger partial charge in [0.25, 0.3) is 0 Å². The summed E-state index contributed by atoms with van der Waals surface area (Å²) in [4.78, 5) is 8.25. The molecule has 7 heteroatoms. The molecule has 44 valence electrons. The van der Waals surface area contributed by atoms with Crippen LogP contribution in [0, 0.1) is 15.3 Å². The first-order valence-corrected chi connectivity index (χ1v) is 0.548. The molecule has 6 nitrogen and oxygen atoms in total. The Bertz CT molecular complexity index is 31.1. The minimum atomic E-state index is -1.75. The predicted octanol–water partition coefficient (Wildman–Crippen LogP) is -1.89. The van der Waals surface area contributed by atoms with Crippen molar-refractivity contribution in [2.24, 2.45) is 0 Å². The van der Waals surface area contributed by atoms with Crippen molar-refractivity contribution < 1.29 is 42.2 Å². The van der Waals surface area contributed by atoms with Crippen molar-refractivity contribution in [2.75, 3.05) is 0 Å². The molecular weight excluding hydrogens is 185 g/mol. The van der Waals surface area contributed by atoms with E-state index in [1.807, 2.05) is 0 Å². The van der Waals surface area contributed by atoms with E-state index in [2.05, 4.69) is 0 Å². The fourth-order valence-corrected chi connectivity index (χ4v) is 0. The van der Waals surface area contributed by atoms with E-state index in [0.717, 1.165) is 0 Å². The Hall–Kier alpha value is 0.00312. The molecule has 0 aliphatic carbocycles. The van der Waals surface area contributed by atoms with Crippen LogP contribution in [0.4, 0.5) is 0 Å². The molecule has 0 aliphatic rings. The van der Waals surface area contributed by atoms with Gasteiger partial charge in [-0.05, 0) is 0 Å². The van der Waals surface area contributed by atoms with Crippen molar-refractivity contribution >= 4 is 0 Å². The predicted molar refractivity (Wildman–Crippen MR) is 17.6 cm³/mol. The molecule has 0 saturated carbocycles.